The molecule has 2 amide bonds. The zero-order chi connectivity index (χ0) is 21.3. The van der Waals surface area contributed by atoms with Crippen LogP contribution in [0.3, 0.4) is 0 Å². The number of carbonyl (C=O) groups is 1. The number of methoxy groups -OCH3 is 1. The summed E-state index contributed by atoms with van der Waals surface area (Å²) in [7, 11) is 5.66. The predicted molar refractivity (Wildman–Crippen MR) is 120 cm³/mol. The third kappa shape index (κ3) is 6.37. The molecule has 3 rings (SSSR count). The maximum atomic E-state index is 13.1. The Bertz CT molecular complexity index is 804. The lowest BCUT2D eigenvalue weighted by Gasteiger charge is -2.30. The monoisotopic (exact) mass is 412 g/mol. The van der Waals surface area contributed by atoms with Crippen molar-refractivity contribution >= 4 is 17.4 Å². The zero-order valence-electron chi connectivity index (χ0n) is 18.1. The molecule has 0 aromatic heterocycles. The fourth-order valence-electron chi connectivity index (χ4n) is 3.36. The highest BCUT2D eigenvalue weighted by Gasteiger charge is 2.18. The number of nitrogens with one attached hydrogen (secondary N) is 1. The van der Waals surface area contributed by atoms with Crippen LogP contribution in [0.1, 0.15) is 5.56 Å². The Balaban J connectivity index is 1.68. The van der Waals surface area contributed by atoms with Gasteiger partial charge in [-0.1, -0.05) is 18.2 Å². The van der Waals surface area contributed by atoms with Gasteiger partial charge in [0.15, 0.2) is 0 Å². The molecule has 1 aliphatic heterocycles. The molecular formula is C23H32N4O3. The van der Waals surface area contributed by atoms with Crippen molar-refractivity contribution in [2.75, 3.05) is 70.8 Å². The molecule has 1 aliphatic rings. The van der Waals surface area contributed by atoms with Gasteiger partial charge in [0.1, 0.15) is 5.75 Å². The summed E-state index contributed by atoms with van der Waals surface area (Å²) in [5.41, 5.74) is 2.96. The topological polar surface area (TPSA) is 57.3 Å². The van der Waals surface area contributed by atoms with Gasteiger partial charge in [0, 0.05) is 64.3 Å². The maximum Gasteiger partial charge on any atom is 0.322 e. The second-order valence-electron chi connectivity index (χ2n) is 7.60. The van der Waals surface area contributed by atoms with Gasteiger partial charge in [-0.15, -0.1) is 0 Å². The van der Waals surface area contributed by atoms with E-state index in [1.807, 2.05) is 43.3 Å². The average Bonchev–Trinajstić information content (AvgIpc) is 2.77. The molecule has 7 heteroatoms. The van der Waals surface area contributed by atoms with Crippen molar-refractivity contribution in [1.29, 1.82) is 0 Å². The number of anilines is 2. The summed E-state index contributed by atoms with van der Waals surface area (Å²) in [5, 5.41) is 3.01. The van der Waals surface area contributed by atoms with E-state index >= 15 is 0 Å². The molecule has 0 atom stereocenters. The van der Waals surface area contributed by atoms with Crippen LogP contribution in [0.5, 0.6) is 5.75 Å². The number of ether oxygens (including phenoxy) is 2. The van der Waals surface area contributed by atoms with Gasteiger partial charge in [-0.2, -0.15) is 0 Å². The second-order valence-corrected chi connectivity index (χ2v) is 7.60. The highest BCUT2D eigenvalue weighted by Crippen LogP contribution is 2.18. The summed E-state index contributed by atoms with van der Waals surface area (Å²) in [6.45, 7) is 5.33. The fourth-order valence-corrected chi connectivity index (χ4v) is 3.36. The molecule has 0 aliphatic carbocycles. The summed E-state index contributed by atoms with van der Waals surface area (Å²) < 4.78 is 10.7. The molecule has 1 fully saturated rings. The molecule has 162 valence electrons. The van der Waals surface area contributed by atoms with E-state index in [4.69, 9.17) is 9.47 Å². The molecule has 0 bridgehead atoms. The molecule has 0 unspecified atom stereocenters. The number of carbonyl (C=O) groups excluding carboxylic acids is 1. The standard InChI is InChI=1S/C23H32N4O3/c1-25(2)21-9-7-19(8-10-21)18-27(12-11-26-13-15-30-16-14-26)23(28)24-20-5-4-6-22(17-20)29-3/h4-10,17H,11-16,18H2,1-3H3,(H,24,28). The van der Waals surface area contributed by atoms with Crippen LogP contribution in [-0.4, -0.2) is 76.4 Å². The van der Waals surface area contributed by atoms with Crippen LogP contribution in [0, 0.1) is 0 Å². The first-order valence-electron chi connectivity index (χ1n) is 10.3. The lowest BCUT2D eigenvalue weighted by Crippen LogP contribution is -2.44. The fraction of sp³-hybridized carbons (Fsp3) is 0.435. The van der Waals surface area contributed by atoms with Crippen LogP contribution in [-0.2, 0) is 11.3 Å². The second kappa shape index (κ2) is 10.8. The minimum absolute atomic E-state index is 0.117. The smallest absolute Gasteiger partial charge is 0.322 e. The Morgan fingerprint density at radius 2 is 1.87 bits per heavy atom. The van der Waals surface area contributed by atoms with Crippen LogP contribution in [0.25, 0.3) is 0 Å². The van der Waals surface area contributed by atoms with Gasteiger partial charge in [-0.25, -0.2) is 4.79 Å². The van der Waals surface area contributed by atoms with Crippen LogP contribution in [0.2, 0.25) is 0 Å². The Morgan fingerprint density at radius 1 is 1.13 bits per heavy atom. The minimum Gasteiger partial charge on any atom is -0.497 e. The normalized spacial score (nSPS) is 14.2. The molecule has 1 N–H and O–H groups in total. The van der Waals surface area contributed by atoms with Crippen LogP contribution >= 0.6 is 0 Å². The van der Waals surface area contributed by atoms with Crippen molar-refractivity contribution in [1.82, 2.24) is 9.80 Å². The van der Waals surface area contributed by atoms with Crippen molar-refractivity contribution in [2.45, 2.75) is 6.54 Å². The van der Waals surface area contributed by atoms with Crippen molar-refractivity contribution in [3.63, 3.8) is 0 Å². The number of benzene rings is 2. The summed E-state index contributed by atoms with van der Waals surface area (Å²) in [4.78, 5) is 19.4. The lowest BCUT2D eigenvalue weighted by molar-refractivity contribution is 0.0349. The Morgan fingerprint density at radius 3 is 2.53 bits per heavy atom. The first-order chi connectivity index (χ1) is 14.5. The average molecular weight is 413 g/mol. The number of urea groups is 1. The van der Waals surface area contributed by atoms with Gasteiger partial charge in [0.25, 0.3) is 0 Å². The Labute approximate surface area is 179 Å². The summed E-state index contributed by atoms with van der Waals surface area (Å²) >= 11 is 0. The van der Waals surface area contributed by atoms with E-state index in [9.17, 15) is 4.79 Å². The molecule has 30 heavy (non-hydrogen) atoms. The van der Waals surface area contributed by atoms with Gasteiger partial charge < -0.3 is 24.6 Å². The molecule has 2 aromatic rings. The van der Waals surface area contributed by atoms with Gasteiger partial charge in [0.2, 0.25) is 0 Å². The summed E-state index contributed by atoms with van der Waals surface area (Å²) in [6.07, 6.45) is 0. The van der Waals surface area contributed by atoms with Crippen LogP contribution < -0.4 is 15.0 Å². The summed E-state index contributed by atoms with van der Waals surface area (Å²) in [6, 6.07) is 15.6. The van der Waals surface area contributed by atoms with Gasteiger partial charge in [0.05, 0.1) is 20.3 Å². The third-order valence-corrected chi connectivity index (χ3v) is 5.22. The van der Waals surface area contributed by atoms with E-state index in [1.165, 1.54) is 0 Å². The molecule has 1 saturated heterocycles. The minimum atomic E-state index is -0.117. The molecule has 7 nitrogen and oxygen atoms in total. The van der Waals surface area contributed by atoms with Crippen molar-refractivity contribution in [2.24, 2.45) is 0 Å². The molecule has 2 aromatic carbocycles. The third-order valence-electron chi connectivity index (χ3n) is 5.22. The van der Waals surface area contributed by atoms with E-state index in [0.717, 1.165) is 49.8 Å². The number of amides is 2. The number of rotatable bonds is 8. The first kappa shape index (κ1) is 21.9. The highest BCUT2D eigenvalue weighted by molar-refractivity contribution is 5.89. The molecule has 0 spiro atoms. The van der Waals surface area contributed by atoms with Crippen LogP contribution in [0.4, 0.5) is 16.2 Å². The summed E-state index contributed by atoms with van der Waals surface area (Å²) in [5.74, 6) is 0.715. The Hall–Kier alpha value is -2.77. The van der Waals surface area contributed by atoms with Gasteiger partial charge >= 0.3 is 6.03 Å². The number of hydrogen-bond donors (Lipinski definition) is 1. The van der Waals surface area contributed by atoms with Crippen molar-refractivity contribution in [3.8, 4) is 5.75 Å². The van der Waals surface area contributed by atoms with Crippen molar-refractivity contribution < 1.29 is 14.3 Å². The van der Waals surface area contributed by atoms with E-state index in [2.05, 4.69) is 39.4 Å². The molecule has 0 radical (unpaired) electrons. The molecular weight excluding hydrogens is 380 g/mol. The SMILES string of the molecule is COc1cccc(NC(=O)N(CCN2CCOCC2)Cc2ccc(N(C)C)cc2)c1. The highest BCUT2D eigenvalue weighted by atomic mass is 16.5. The number of nitrogens with zero attached hydrogens (tertiary/aromatic N) is 3. The maximum absolute atomic E-state index is 13.1. The quantitative estimate of drug-likeness (QED) is 0.722. The zero-order valence-corrected chi connectivity index (χ0v) is 18.1. The van der Waals surface area contributed by atoms with E-state index < -0.39 is 0 Å². The lowest BCUT2D eigenvalue weighted by atomic mass is 10.2. The van der Waals surface area contributed by atoms with Gasteiger partial charge in [-0.05, 0) is 29.8 Å². The van der Waals surface area contributed by atoms with Gasteiger partial charge in [-0.3, -0.25) is 4.90 Å². The Kier molecular flexibility index (Phi) is 7.93. The van der Waals surface area contributed by atoms with E-state index in [0.29, 0.717) is 18.8 Å². The van der Waals surface area contributed by atoms with E-state index in [-0.39, 0.29) is 6.03 Å². The van der Waals surface area contributed by atoms with E-state index in [1.54, 1.807) is 7.11 Å². The largest absolute Gasteiger partial charge is 0.497 e. The predicted octanol–water partition coefficient (Wildman–Crippen LogP) is 3.13. The van der Waals surface area contributed by atoms with Crippen molar-refractivity contribution in [3.05, 3.63) is 54.1 Å². The van der Waals surface area contributed by atoms with Crippen LogP contribution in [0.15, 0.2) is 48.5 Å². The first-order valence-corrected chi connectivity index (χ1v) is 10.3. The number of hydrogen-bond acceptors (Lipinski definition) is 5. The number of morpholine rings is 1. The molecule has 1 heterocycles. The molecule has 0 saturated carbocycles.